The van der Waals surface area contributed by atoms with E-state index in [1.807, 2.05) is 24.3 Å². The Kier molecular flexibility index (Phi) is 3.46. The van der Waals surface area contributed by atoms with Crippen LogP contribution in [0.1, 0.15) is 5.69 Å². The zero-order chi connectivity index (χ0) is 12.3. The Hall–Kier alpha value is -1.79. The zero-order valence-corrected chi connectivity index (χ0v) is 10.00. The number of nitrogens with zero attached hydrogens (tertiary/aromatic N) is 2. The number of anilines is 1. The molecule has 1 aromatic heterocycles. The summed E-state index contributed by atoms with van der Waals surface area (Å²) in [6.07, 6.45) is 0.628. The molecule has 0 saturated carbocycles. The fourth-order valence-corrected chi connectivity index (χ4v) is 1.66. The molecule has 0 aliphatic heterocycles. The lowest BCUT2D eigenvalue weighted by molar-refractivity contribution is 0.926. The largest absolute Gasteiger partial charge is 0.376 e. The summed E-state index contributed by atoms with van der Waals surface area (Å²) in [5.41, 5.74) is 13.4. The fourth-order valence-electron chi connectivity index (χ4n) is 1.56. The molecular weight excluding hydrogens is 234 g/mol. The second kappa shape index (κ2) is 5.03. The maximum atomic E-state index is 5.54. The zero-order valence-electron chi connectivity index (χ0n) is 9.18. The Morgan fingerprint density at radius 3 is 2.47 bits per heavy atom. The maximum absolute atomic E-state index is 5.54. The molecule has 17 heavy (non-hydrogen) atoms. The van der Waals surface area contributed by atoms with Crippen molar-refractivity contribution in [2.24, 2.45) is 11.5 Å². The first-order valence-corrected chi connectivity index (χ1v) is 5.63. The van der Waals surface area contributed by atoms with E-state index in [2.05, 4.69) is 15.3 Å². The summed E-state index contributed by atoms with van der Waals surface area (Å²) in [6.45, 7) is 0.499. The van der Waals surface area contributed by atoms with Gasteiger partial charge in [0.15, 0.2) is 10.9 Å². The number of hydrogen-bond acceptors (Lipinski definition) is 4. The number of rotatable bonds is 3. The minimum atomic E-state index is 0.174. The van der Waals surface area contributed by atoms with Crippen LogP contribution in [0.4, 0.5) is 5.82 Å². The second-order valence-corrected chi connectivity index (χ2v) is 3.98. The van der Waals surface area contributed by atoms with Crippen LogP contribution >= 0.6 is 12.2 Å². The molecule has 0 bridgehead atoms. The average molecular weight is 247 g/mol. The molecule has 0 unspecified atom stereocenters. The Labute approximate surface area is 104 Å². The van der Waals surface area contributed by atoms with Crippen LogP contribution in [-0.4, -0.2) is 21.6 Å². The molecule has 2 rings (SSSR count). The summed E-state index contributed by atoms with van der Waals surface area (Å²) in [5, 5.41) is 3.00. The third-order valence-corrected chi connectivity index (χ3v) is 2.37. The molecular formula is C11H13N5S. The summed E-state index contributed by atoms with van der Waals surface area (Å²) in [7, 11) is 0. The number of para-hydroxylation sites is 2. The quantitative estimate of drug-likeness (QED) is 0.695. The SMILES string of the molecule is NCCc1nc2ccccc2nc1NC(N)=S. The molecule has 0 aliphatic carbocycles. The maximum Gasteiger partial charge on any atom is 0.169 e. The molecule has 0 radical (unpaired) electrons. The van der Waals surface area contributed by atoms with Crippen LogP contribution in [0.3, 0.4) is 0 Å². The number of nitrogens with two attached hydrogens (primary N) is 2. The number of benzene rings is 1. The highest BCUT2D eigenvalue weighted by atomic mass is 32.1. The summed E-state index contributed by atoms with van der Waals surface area (Å²) in [6, 6.07) is 7.63. The third-order valence-electron chi connectivity index (χ3n) is 2.27. The van der Waals surface area contributed by atoms with Gasteiger partial charge in [-0.1, -0.05) is 12.1 Å². The minimum absolute atomic E-state index is 0.174. The Bertz CT molecular complexity index is 555. The van der Waals surface area contributed by atoms with Crippen molar-refractivity contribution in [2.75, 3.05) is 11.9 Å². The van der Waals surface area contributed by atoms with Gasteiger partial charge in [0.1, 0.15) is 0 Å². The molecule has 2 aromatic rings. The first-order chi connectivity index (χ1) is 8.20. The van der Waals surface area contributed by atoms with Crippen LogP contribution in [-0.2, 0) is 6.42 Å². The first kappa shape index (κ1) is 11.7. The predicted octanol–water partition coefficient (Wildman–Crippen LogP) is 0.786. The molecule has 1 heterocycles. The summed E-state index contributed by atoms with van der Waals surface area (Å²) < 4.78 is 0. The Balaban J connectivity index is 2.53. The van der Waals surface area contributed by atoms with Crippen LogP contribution in [0.15, 0.2) is 24.3 Å². The van der Waals surface area contributed by atoms with E-state index in [0.717, 1.165) is 16.7 Å². The van der Waals surface area contributed by atoms with E-state index in [1.165, 1.54) is 0 Å². The number of nitrogens with one attached hydrogen (secondary N) is 1. The van der Waals surface area contributed by atoms with Gasteiger partial charge in [-0.15, -0.1) is 0 Å². The molecule has 1 aromatic carbocycles. The predicted molar refractivity (Wildman–Crippen MR) is 72.7 cm³/mol. The van der Waals surface area contributed by atoms with E-state index in [9.17, 15) is 0 Å². The molecule has 0 fully saturated rings. The summed E-state index contributed by atoms with van der Waals surface area (Å²) >= 11 is 4.81. The molecule has 5 N–H and O–H groups in total. The lowest BCUT2D eigenvalue weighted by atomic mass is 10.2. The molecule has 6 heteroatoms. The minimum Gasteiger partial charge on any atom is -0.376 e. The van der Waals surface area contributed by atoms with Crippen LogP contribution in [0.25, 0.3) is 11.0 Å². The molecule has 5 nitrogen and oxygen atoms in total. The second-order valence-electron chi connectivity index (χ2n) is 3.54. The first-order valence-electron chi connectivity index (χ1n) is 5.23. The van der Waals surface area contributed by atoms with Crippen molar-refractivity contribution in [3.8, 4) is 0 Å². The highest BCUT2D eigenvalue weighted by Crippen LogP contribution is 2.16. The number of thiocarbonyl (C=S) groups is 1. The highest BCUT2D eigenvalue weighted by molar-refractivity contribution is 7.80. The van der Waals surface area contributed by atoms with Gasteiger partial charge in [-0.25, -0.2) is 9.97 Å². The van der Waals surface area contributed by atoms with Gasteiger partial charge in [-0.05, 0) is 30.9 Å². The lowest BCUT2D eigenvalue weighted by Gasteiger charge is -2.09. The Morgan fingerprint density at radius 1 is 1.24 bits per heavy atom. The van der Waals surface area contributed by atoms with E-state index in [0.29, 0.717) is 18.8 Å². The molecule has 0 atom stereocenters. The molecule has 0 amide bonds. The van der Waals surface area contributed by atoms with Gasteiger partial charge in [0.2, 0.25) is 0 Å². The number of hydrogen-bond donors (Lipinski definition) is 3. The van der Waals surface area contributed by atoms with Crippen molar-refractivity contribution in [1.29, 1.82) is 0 Å². The molecule has 88 valence electrons. The van der Waals surface area contributed by atoms with Gasteiger partial charge in [0.25, 0.3) is 0 Å². The summed E-state index contributed by atoms with van der Waals surface area (Å²) in [4.78, 5) is 8.94. The molecule has 0 spiro atoms. The van der Waals surface area contributed by atoms with E-state index in [-0.39, 0.29) is 5.11 Å². The van der Waals surface area contributed by atoms with E-state index in [1.54, 1.807) is 0 Å². The van der Waals surface area contributed by atoms with E-state index < -0.39 is 0 Å². The van der Waals surface area contributed by atoms with Gasteiger partial charge in [-0.2, -0.15) is 0 Å². The van der Waals surface area contributed by atoms with Gasteiger partial charge in [-0.3, -0.25) is 0 Å². The van der Waals surface area contributed by atoms with Crippen molar-refractivity contribution < 1.29 is 0 Å². The molecule has 0 saturated heterocycles. The number of aromatic nitrogens is 2. The van der Waals surface area contributed by atoms with Crippen molar-refractivity contribution in [1.82, 2.24) is 9.97 Å². The van der Waals surface area contributed by atoms with Gasteiger partial charge >= 0.3 is 0 Å². The summed E-state index contributed by atoms with van der Waals surface area (Å²) in [5.74, 6) is 0.585. The van der Waals surface area contributed by atoms with Crippen molar-refractivity contribution in [3.63, 3.8) is 0 Å². The van der Waals surface area contributed by atoms with E-state index >= 15 is 0 Å². The van der Waals surface area contributed by atoms with Crippen LogP contribution in [0, 0.1) is 0 Å². The topological polar surface area (TPSA) is 89.8 Å². The third kappa shape index (κ3) is 2.66. The smallest absolute Gasteiger partial charge is 0.169 e. The van der Waals surface area contributed by atoms with E-state index in [4.69, 9.17) is 23.7 Å². The van der Waals surface area contributed by atoms with Gasteiger partial charge in [0.05, 0.1) is 16.7 Å². The van der Waals surface area contributed by atoms with Crippen LogP contribution in [0.2, 0.25) is 0 Å². The normalized spacial score (nSPS) is 10.4. The van der Waals surface area contributed by atoms with Crippen LogP contribution in [0.5, 0.6) is 0 Å². The van der Waals surface area contributed by atoms with Crippen molar-refractivity contribution >= 4 is 34.2 Å². The van der Waals surface area contributed by atoms with Crippen molar-refractivity contribution in [2.45, 2.75) is 6.42 Å². The number of fused-ring (bicyclic) bond motifs is 1. The monoisotopic (exact) mass is 247 g/mol. The Morgan fingerprint density at radius 2 is 1.88 bits per heavy atom. The fraction of sp³-hybridized carbons (Fsp3) is 0.182. The highest BCUT2D eigenvalue weighted by Gasteiger charge is 2.08. The average Bonchev–Trinajstić information content (AvgIpc) is 2.29. The standard InChI is InChI=1S/C11H13N5S/c12-6-5-9-10(16-11(13)17)15-8-4-2-1-3-7(8)14-9/h1-4H,5-6,12H2,(H3,13,15,16,17). The lowest BCUT2D eigenvalue weighted by Crippen LogP contribution is -2.22. The van der Waals surface area contributed by atoms with Crippen LogP contribution < -0.4 is 16.8 Å². The van der Waals surface area contributed by atoms with Gasteiger partial charge in [0, 0.05) is 6.42 Å². The molecule has 0 aliphatic rings. The van der Waals surface area contributed by atoms with Gasteiger partial charge < -0.3 is 16.8 Å². The van der Waals surface area contributed by atoms with Crippen molar-refractivity contribution in [3.05, 3.63) is 30.0 Å².